The molecule has 13 nitrogen and oxygen atoms in total. The van der Waals surface area contributed by atoms with Crippen molar-refractivity contribution in [2.24, 2.45) is 4.99 Å². The van der Waals surface area contributed by atoms with Gasteiger partial charge in [-0.1, -0.05) is 30.3 Å². The number of benzene rings is 1. The average Bonchev–Trinajstić information content (AvgIpc) is 3.43. The molecule has 3 amide bonds. The molecular weight excluding hydrogens is 554 g/mol. The van der Waals surface area contributed by atoms with E-state index in [0.717, 1.165) is 11.4 Å². The van der Waals surface area contributed by atoms with Gasteiger partial charge in [-0.2, -0.15) is 0 Å². The first-order valence-corrected chi connectivity index (χ1v) is 14.3. The molecule has 1 unspecified atom stereocenters. The highest BCUT2D eigenvalue weighted by molar-refractivity contribution is 6.00. The maximum absolute atomic E-state index is 13.7. The predicted molar refractivity (Wildman–Crippen MR) is 160 cm³/mol. The number of nitrogens with zero attached hydrogens (tertiary/aromatic N) is 6. The molecule has 13 heteroatoms. The molecule has 0 bridgehead atoms. The second-order valence-electron chi connectivity index (χ2n) is 11.3. The third kappa shape index (κ3) is 8.27. The largest absolute Gasteiger partial charge is 0.460 e. The second kappa shape index (κ2) is 13.6. The number of aliphatic imine (C=N–C) groups is 1. The van der Waals surface area contributed by atoms with E-state index in [4.69, 9.17) is 14.5 Å². The highest BCUT2D eigenvalue weighted by Gasteiger charge is 2.32. The van der Waals surface area contributed by atoms with Crippen LogP contribution in [0.2, 0.25) is 0 Å². The van der Waals surface area contributed by atoms with Crippen molar-refractivity contribution in [3.05, 3.63) is 42.1 Å². The van der Waals surface area contributed by atoms with E-state index in [2.05, 4.69) is 15.3 Å². The summed E-state index contributed by atoms with van der Waals surface area (Å²) in [5.74, 6) is 0.244. The van der Waals surface area contributed by atoms with Gasteiger partial charge in [0.05, 0.1) is 13.7 Å². The lowest BCUT2D eigenvalue weighted by atomic mass is 10.1. The number of nitrogens with one attached hydrogen (secondary N) is 1. The molecule has 0 aliphatic carbocycles. The summed E-state index contributed by atoms with van der Waals surface area (Å²) in [6.07, 6.45) is -0.518. The lowest BCUT2D eigenvalue weighted by Gasteiger charge is -2.35. The Bertz CT molecular complexity index is 1370. The Morgan fingerprint density at radius 3 is 2.26 bits per heavy atom. The zero-order valence-electron chi connectivity index (χ0n) is 25.3. The number of carbonyl (C=O) groups is 4. The molecule has 1 aromatic heterocycles. The molecule has 2 aliphatic rings. The van der Waals surface area contributed by atoms with Crippen LogP contribution in [0, 0.1) is 0 Å². The van der Waals surface area contributed by atoms with Crippen molar-refractivity contribution in [3.8, 4) is 11.4 Å². The number of methoxy groups -OCH3 is 1. The molecule has 2 aromatic rings. The third-order valence-electron chi connectivity index (χ3n) is 6.99. The molecule has 0 spiro atoms. The van der Waals surface area contributed by atoms with E-state index in [1.165, 1.54) is 12.0 Å². The Hall–Kier alpha value is -4.55. The lowest BCUT2D eigenvalue weighted by molar-refractivity contribution is -0.155. The van der Waals surface area contributed by atoms with Gasteiger partial charge in [0.2, 0.25) is 5.91 Å². The minimum atomic E-state index is -1.03. The van der Waals surface area contributed by atoms with Crippen LogP contribution in [0.1, 0.15) is 51.0 Å². The summed E-state index contributed by atoms with van der Waals surface area (Å²) in [5.41, 5.74) is 0.119. The molecule has 230 valence electrons. The van der Waals surface area contributed by atoms with E-state index in [1.807, 2.05) is 42.2 Å². The smallest absolute Gasteiger partial charge is 0.409 e. The fourth-order valence-electron chi connectivity index (χ4n) is 4.85. The van der Waals surface area contributed by atoms with Crippen molar-refractivity contribution in [2.75, 3.05) is 51.3 Å². The fourth-order valence-corrected chi connectivity index (χ4v) is 4.85. The summed E-state index contributed by atoms with van der Waals surface area (Å²) in [6, 6.07) is 9.86. The Kier molecular flexibility index (Phi) is 9.94. The van der Waals surface area contributed by atoms with Crippen molar-refractivity contribution < 1.29 is 28.7 Å². The molecule has 43 heavy (non-hydrogen) atoms. The lowest BCUT2D eigenvalue weighted by Crippen LogP contribution is -2.56. The Labute approximate surface area is 251 Å². The second-order valence-corrected chi connectivity index (χ2v) is 11.3. The van der Waals surface area contributed by atoms with Gasteiger partial charge >= 0.3 is 12.1 Å². The summed E-state index contributed by atoms with van der Waals surface area (Å²) < 4.78 is 10.2. The number of amides is 3. The van der Waals surface area contributed by atoms with Gasteiger partial charge < -0.3 is 29.5 Å². The molecule has 0 saturated carbocycles. The summed E-state index contributed by atoms with van der Waals surface area (Å²) in [5, 5.41) is 2.82. The monoisotopic (exact) mass is 593 g/mol. The van der Waals surface area contributed by atoms with E-state index >= 15 is 0 Å². The Morgan fingerprint density at radius 1 is 0.977 bits per heavy atom. The maximum atomic E-state index is 13.7. The van der Waals surface area contributed by atoms with Crippen LogP contribution in [0.5, 0.6) is 0 Å². The number of carbonyl (C=O) groups excluding carboxylic acids is 4. The molecule has 1 aromatic carbocycles. The number of anilines is 1. The third-order valence-corrected chi connectivity index (χ3v) is 6.99. The first-order valence-electron chi connectivity index (χ1n) is 14.3. The summed E-state index contributed by atoms with van der Waals surface area (Å²) >= 11 is 0. The van der Waals surface area contributed by atoms with Gasteiger partial charge in [0.1, 0.15) is 29.0 Å². The number of aromatic nitrogens is 2. The minimum absolute atomic E-state index is 0.0259. The maximum Gasteiger partial charge on any atom is 0.409 e. The highest BCUT2D eigenvalue weighted by atomic mass is 16.6. The van der Waals surface area contributed by atoms with Gasteiger partial charge in [-0.15, -0.1) is 0 Å². The van der Waals surface area contributed by atoms with Crippen molar-refractivity contribution in [1.29, 1.82) is 0 Å². The zero-order chi connectivity index (χ0) is 31.1. The molecule has 1 saturated heterocycles. The van der Waals surface area contributed by atoms with Crippen LogP contribution in [0.3, 0.4) is 0 Å². The van der Waals surface area contributed by atoms with Crippen molar-refractivity contribution >= 4 is 35.5 Å². The Balaban J connectivity index is 1.58. The number of piperazine rings is 1. The van der Waals surface area contributed by atoms with E-state index in [0.29, 0.717) is 24.7 Å². The first kappa shape index (κ1) is 31.4. The van der Waals surface area contributed by atoms with Crippen LogP contribution in [-0.2, 0) is 19.1 Å². The number of esters is 1. The molecule has 1 N–H and O–H groups in total. The number of amidine groups is 1. The van der Waals surface area contributed by atoms with E-state index < -0.39 is 29.6 Å². The molecule has 0 radical (unpaired) electrons. The first-order chi connectivity index (χ1) is 20.4. The van der Waals surface area contributed by atoms with Crippen LogP contribution in [0.25, 0.3) is 11.4 Å². The average molecular weight is 594 g/mol. The number of hydrogen-bond donors (Lipinski definition) is 1. The molecule has 3 heterocycles. The predicted octanol–water partition coefficient (Wildman–Crippen LogP) is 2.51. The Morgan fingerprint density at radius 2 is 1.65 bits per heavy atom. The van der Waals surface area contributed by atoms with Gasteiger partial charge in [0, 0.05) is 50.8 Å². The quantitative estimate of drug-likeness (QED) is 0.456. The number of ether oxygens (including phenoxy) is 2. The van der Waals surface area contributed by atoms with Crippen LogP contribution >= 0.6 is 0 Å². The summed E-state index contributed by atoms with van der Waals surface area (Å²) in [6.45, 7) is 9.50. The van der Waals surface area contributed by atoms with Crippen LogP contribution < -0.4 is 10.2 Å². The topological polar surface area (TPSA) is 147 Å². The standard InChI is InChI=1S/C30H39N7O6/c1-20-31-13-14-37(20)24-19-23(32-26(34-24)21-9-7-6-8-10-21)27(39)33-22(11-12-25(38)43-30(2,3)4)28(40)35-15-17-36(18-16-35)29(41)42-5/h6-10,19,22H,11-18H2,1-5H3,(H,33,39). The molecular formula is C30H39N7O6. The molecule has 4 rings (SSSR count). The van der Waals surface area contributed by atoms with Crippen LogP contribution in [0.4, 0.5) is 10.6 Å². The number of rotatable bonds is 8. The van der Waals surface area contributed by atoms with Gasteiger partial charge in [-0.25, -0.2) is 14.8 Å². The van der Waals surface area contributed by atoms with E-state index in [1.54, 1.807) is 31.7 Å². The van der Waals surface area contributed by atoms with E-state index in [-0.39, 0.29) is 50.6 Å². The summed E-state index contributed by atoms with van der Waals surface area (Å²) in [4.78, 5) is 70.5. The van der Waals surface area contributed by atoms with Gasteiger partial charge in [-0.05, 0) is 34.1 Å². The van der Waals surface area contributed by atoms with Crippen LogP contribution in [-0.4, -0.2) is 108 Å². The minimum Gasteiger partial charge on any atom is -0.460 e. The normalized spacial score (nSPS) is 15.9. The van der Waals surface area contributed by atoms with Crippen molar-refractivity contribution in [1.82, 2.24) is 25.1 Å². The zero-order valence-corrected chi connectivity index (χ0v) is 25.3. The SMILES string of the molecule is COC(=O)N1CCN(C(=O)C(CCC(=O)OC(C)(C)C)NC(=O)c2cc(N3CCN=C3C)nc(-c3ccccc3)n2)CC1. The molecule has 1 fully saturated rings. The van der Waals surface area contributed by atoms with Crippen molar-refractivity contribution in [2.45, 2.75) is 52.2 Å². The van der Waals surface area contributed by atoms with Gasteiger partial charge in [-0.3, -0.25) is 19.4 Å². The molecule has 1 atom stereocenters. The van der Waals surface area contributed by atoms with E-state index in [9.17, 15) is 19.2 Å². The summed E-state index contributed by atoms with van der Waals surface area (Å²) in [7, 11) is 1.31. The van der Waals surface area contributed by atoms with Crippen molar-refractivity contribution in [3.63, 3.8) is 0 Å². The fraction of sp³-hybridized carbons (Fsp3) is 0.500. The number of hydrogen-bond acceptors (Lipinski definition) is 10. The highest BCUT2D eigenvalue weighted by Crippen LogP contribution is 2.22. The molecule has 2 aliphatic heterocycles. The van der Waals surface area contributed by atoms with Gasteiger partial charge in [0.25, 0.3) is 5.91 Å². The van der Waals surface area contributed by atoms with Gasteiger partial charge in [0.15, 0.2) is 5.82 Å². The van der Waals surface area contributed by atoms with Crippen LogP contribution in [0.15, 0.2) is 41.4 Å².